The van der Waals surface area contributed by atoms with E-state index in [0.29, 0.717) is 25.9 Å². The SMILES string of the molecule is Cc1cc(=O)n(C2CCN(S(C)(=O)=O)CC2)nc1-c1ccccc1. The first kappa shape index (κ1) is 16.9. The number of aromatic nitrogens is 2. The minimum atomic E-state index is -3.17. The summed E-state index contributed by atoms with van der Waals surface area (Å²) >= 11 is 0. The van der Waals surface area contributed by atoms with Crippen molar-refractivity contribution in [2.75, 3.05) is 19.3 Å². The highest BCUT2D eigenvalue weighted by molar-refractivity contribution is 7.88. The summed E-state index contributed by atoms with van der Waals surface area (Å²) in [6, 6.07) is 11.3. The summed E-state index contributed by atoms with van der Waals surface area (Å²) in [6.45, 7) is 2.73. The molecule has 0 spiro atoms. The first-order valence-electron chi connectivity index (χ1n) is 7.97. The first-order chi connectivity index (χ1) is 11.4. The van der Waals surface area contributed by atoms with Gasteiger partial charge in [-0.1, -0.05) is 30.3 Å². The molecule has 1 aromatic heterocycles. The molecule has 6 nitrogen and oxygen atoms in total. The van der Waals surface area contributed by atoms with Crippen molar-refractivity contribution in [1.82, 2.24) is 14.1 Å². The highest BCUT2D eigenvalue weighted by atomic mass is 32.2. The van der Waals surface area contributed by atoms with E-state index in [1.807, 2.05) is 37.3 Å². The van der Waals surface area contributed by atoms with E-state index in [2.05, 4.69) is 5.10 Å². The van der Waals surface area contributed by atoms with E-state index in [-0.39, 0.29) is 11.6 Å². The number of rotatable bonds is 3. The van der Waals surface area contributed by atoms with Gasteiger partial charge in [-0.3, -0.25) is 4.79 Å². The van der Waals surface area contributed by atoms with Gasteiger partial charge in [-0.2, -0.15) is 5.10 Å². The molecule has 1 saturated heterocycles. The van der Waals surface area contributed by atoms with Crippen LogP contribution in [0.1, 0.15) is 24.4 Å². The van der Waals surface area contributed by atoms with E-state index >= 15 is 0 Å². The lowest BCUT2D eigenvalue weighted by molar-refractivity contribution is 0.256. The van der Waals surface area contributed by atoms with Crippen molar-refractivity contribution in [2.45, 2.75) is 25.8 Å². The van der Waals surface area contributed by atoms with Crippen molar-refractivity contribution < 1.29 is 8.42 Å². The fourth-order valence-electron chi connectivity index (χ4n) is 3.12. The molecule has 128 valence electrons. The van der Waals surface area contributed by atoms with Crippen molar-refractivity contribution in [1.29, 1.82) is 0 Å². The second-order valence-corrected chi connectivity index (χ2v) is 8.20. The van der Waals surface area contributed by atoms with Gasteiger partial charge in [-0.15, -0.1) is 0 Å². The van der Waals surface area contributed by atoms with Gasteiger partial charge in [0.2, 0.25) is 10.0 Å². The molecule has 24 heavy (non-hydrogen) atoms. The normalized spacial score (nSPS) is 17.1. The molecule has 2 heterocycles. The third-order valence-corrected chi connectivity index (χ3v) is 5.74. The molecule has 1 aromatic carbocycles. The van der Waals surface area contributed by atoms with E-state index in [4.69, 9.17) is 0 Å². The van der Waals surface area contributed by atoms with Gasteiger partial charge in [0.25, 0.3) is 5.56 Å². The van der Waals surface area contributed by atoms with Crippen LogP contribution in [0, 0.1) is 6.92 Å². The average Bonchev–Trinajstić information content (AvgIpc) is 2.55. The molecular weight excluding hydrogens is 326 g/mol. The molecule has 0 radical (unpaired) electrons. The van der Waals surface area contributed by atoms with Gasteiger partial charge >= 0.3 is 0 Å². The molecule has 0 N–H and O–H groups in total. The van der Waals surface area contributed by atoms with Crippen LogP contribution in [0.5, 0.6) is 0 Å². The topological polar surface area (TPSA) is 72.3 Å². The summed E-state index contributed by atoms with van der Waals surface area (Å²) < 4.78 is 26.2. The molecule has 0 atom stereocenters. The molecule has 1 aliphatic rings. The quantitative estimate of drug-likeness (QED) is 0.849. The van der Waals surface area contributed by atoms with Crippen LogP contribution in [0.4, 0.5) is 0 Å². The highest BCUT2D eigenvalue weighted by Gasteiger charge is 2.27. The maximum atomic E-state index is 12.4. The lowest BCUT2D eigenvalue weighted by Gasteiger charge is -2.30. The zero-order valence-electron chi connectivity index (χ0n) is 13.8. The Hall–Kier alpha value is -1.99. The second kappa shape index (κ2) is 6.49. The Kier molecular flexibility index (Phi) is 4.56. The Bertz CT molecular complexity index is 883. The molecule has 1 aliphatic heterocycles. The minimum Gasteiger partial charge on any atom is -0.268 e. The van der Waals surface area contributed by atoms with Gasteiger partial charge in [-0.25, -0.2) is 17.4 Å². The molecule has 1 fully saturated rings. The number of sulfonamides is 1. The molecule has 7 heteroatoms. The number of aryl methyl sites for hydroxylation is 1. The van der Waals surface area contributed by atoms with Crippen LogP contribution in [0.25, 0.3) is 11.3 Å². The van der Waals surface area contributed by atoms with Crippen LogP contribution in [0.3, 0.4) is 0 Å². The van der Waals surface area contributed by atoms with E-state index in [1.54, 1.807) is 6.07 Å². The monoisotopic (exact) mass is 347 g/mol. The van der Waals surface area contributed by atoms with Gasteiger partial charge in [0, 0.05) is 24.7 Å². The number of piperidine rings is 1. The summed E-state index contributed by atoms with van der Waals surface area (Å²) in [6.07, 6.45) is 2.41. The molecular formula is C17H21N3O3S. The third kappa shape index (κ3) is 3.42. The Morgan fingerprint density at radius 2 is 1.75 bits per heavy atom. The van der Waals surface area contributed by atoms with Gasteiger partial charge in [0.15, 0.2) is 0 Å². The summed E-state index contributed by atoms with van der Waals surface area (Å²) in [5.74, 6) is 0. The van der Waals surface area contributed by atoms with Crippen LogP contribution in [-0.4, -0.2) is 41.8 Å². The van der Waals surface area contributed by atoms with Crippen LogP contribution in [0.2, 0.25) is 0 Å². The molecule has 0 saturated carbocycles. The third-order valence-electron chi connectivity index (χ3n) is 4.43. The van der Waals surface area contributed by atoms with Gasteiger partial charge < -0.3 is 0 Å². The summed E-state index contributed by atoms with van der Waals surface area (Å²) in [5.41, 5.74) is 2.47. The Morgan fingerprint density at radius 1 is 1.12 bits per heavy atom. The minimum absolute atomic E-state index is 0.0708. The predicted octanol–water partition coefficient (Wildman–Crippen LogP) is 1.82. The van der Waals surface area contributed by atoms with Crippen molar-refractivity contribution in [2.24, 2.45) is 0 Å². The van der Waals surface area contributed by atoms with Crippen LogP contribution in [-0.2, 0) is 10.0 Å². The second-order valence-electron chi connectivity index (χ2n) is 6.22. The summed E-state index contributed by atoms with van der Waals surface area (Å²) in [7, 11) is -3.17. The zero-order chi connectivity index (χ0) is 17.3. The smallest absolute Gasteiger partial charge is 0.267 e. The first-order valence-corrected chi connectivity index (χ1v) is 9.82. The standard InChI is InChI=1S/C17H21N3O3S/c1-13-12-16(21)20(18-17(13)14-6-4-3-5-7-14)15-8-10-19(11-9-15)24(2,22)23/h3-7,12,15H,8-11H2,1-2H3. The van der Waals surface area contributed by atoms with Crippen LogP contribution >= 0.6 is 0 Å². The van der Waals surface area contributed by atoms with Crippen LogP contribution < -0.4 is 5.56 Å². The van der Waals surface area contributed by atoms with E-state index in [9.17, 15) is 13.2 Å². The molecule has 0 bridgehead atoms. The molecule has 3 rings (SSSR count). The van der Waals surface area contributed by atoms with E-state index < -0.39 is 10.0 Å². The van der Waals surface area contributed by atoms with Crippen molar-refractivity contribution >= 4 is 10.0 Å². The lowest BCUT2D eigenvalue weighted by atomic mass is 10.1. The van der Waals surface area contributed by atoms with Crippen molar-refractivity contribution in [3.63, 3.8) is 0 Å². The maximum Gasteiger partial charge on any atom is 0.267 e. The number of nitrogens with zero attached hydrogens (tertiary/aromatic N) is 3. The highest BCUT2D eigenvalue weighted by Crippen LogP contribution is 2.24. The fourth-order valence-corrected chi connectivity index (χ4v) is 3.99. The number of hydrogen-bond acceptors (Lipinski definition) is 4. The van der Waals surface area contributed by atoms with Gasteiger partial charge in [0.1, 0.15) is 0 Å². The van der Waals surface area contributed by atoms with Crippen LogP contribution in [0.15, 0.2) is 41.2 Å². The number of hydrogen-bond donors (Lipinski definition) is 0. The van der Waals surface area contributed by atoms with Gasteiger partial charge in [0.05, 0.1) is 18.0 Å². The lowest BCUT2D eigenvalue weighted by Crippen LogP contribution is -2.41. The van der Waals surface area contributed by atoms with Gasteiger partial charge in [-0.05, 0) is 25.3 Å². The number of benzene rings is 1. The predicted molar refractivity (Wildman–Crippen MR) is 93.4 cm³/mol. The fraction of sp³-hybridized carbons (Fsp3) is 0.412. The summed E-state index contributed by atoms with van der Waals surface area (Å²) in [5, 5.41) is 4.59. The molecule has 0 amide bonds. The zero-order valence-corrected chi connectivity index (χ0v) is 14.7. The average molecular weight is 347 g/mol. The largest absolute Gasteiger partial charge is 0.268 e. The summed E-state index contributed by atoms with van der Waals surface area (Å²) in [4.78, 5) is 12.4. The Balaban J connectivity index is 1.91. The molecule has 2 aromatic rings. The maximum absolute atomic E-state index is 12.4. The van der Waals surface area contributed by atoms with E-state index in [0.717, 1.165) is 16.8 Å². The van der Waals surface area contributed by atoms with Crippen molar-refractivity contribution in [3.05, 3.63) is 52.3 Å². The molecule has 0 aliphatic carbocycles. The Labute approximate surface area is 141 Å². The molecule has 0 unspecified atom stereocenters. The van der Waals surface area contributed by atoms with E-state index in [1.165, 1.54) is 15.2 Å². The Morgan fingerprint density at radius 3 is 2.33 bits per heavy atom. The van der Waals surface area contributed by atoms with Crippen molar-refractivity contribution in [3.8, 4) is 11.3 Å².